The van der Waals surface area contributed by atoms with Crippen LogP contribution in [-0.4, -0.2) is 58.1 Å². The molecule has 7 N–H and O–H groups in total. The molecule has 4 atom stereocenters. The number of nitrogens with two attached hydrogens (primary N) is 1. The fraction of sp³-hybridized carbons (Fsp3) is 0.312. The maximum Gasteiger partial charge on any atom is 0.326 e. The number of phenols is 1. The number of amides is 3. The summed E-state index contributed by atoms with van der Waals surface area (Å²) in [7, 11) is 0. The van der Waals surface area contributed by atoms with E-state index in [4.69, 9.17) is 5.73 Å². The minimum absolute atomic E-state index is 0.00698. The number of carboxylic acid groups (broad SMARTS) is 1. The van der Waals surface area contributed by atoms with Crippen LogP contribution in [0.4, 0.5) is 0 Å². The first-order valence-electron chi connectivity index (χ1n) is 13.8. The maximum atomic E-state index is 13.6. The number of aromatic hydroxyl groups is 1. The van der Waals surface area contributed by atoms with Gasteiger partial charge in [0, 0.05) is 19.3 Å². The first kappa shape index (κ1) is 31.8. The summed E-state index contributed by atoms with van der Waals surface area (Å²) in [4.78, 5) is 52.0. The molecule has 0 bridgehead atoms. The summed E-state index contributed by atoms with van der Waals surface area (Å²) in [6, 6.07) is 19.7. The third-order valence-electron chi connectivity index (χ3n) is 6.84. The highest BCUT2D eigenvalue weighted by Crippen LogP contribution is 2.13. The second-order valence-corrected chi connectivity index (χ2v) is 10.5. The molecular formula is C32H38N4O6. The van der Waals surface area contributed by atoms with Crippen molar-refractivity contribution in [3.05, 3.63) is 102 Å². The van der Waals surface area contributed by atoms with Crippen molar-refractivity contribution in [3.63, 3.8) is 0 Å². The first-order valence-corrected chi connectivity index (χ1v) is 13.8. The number of aliphatic carboxylic acids is 1. The molecule has 0 fully saturated rings. The molecule has 0 aliphatic heterocycles. The van der Waals surface area contributed by atoms with Crippen molar-refractivity contribution in [1.82, 2.24) is 16.0 Å². The molecule has 3 aromatic rings. The van der Waals surface area contributed by atoms with Crippen molar-refractivity contribution in [2.24, 2.45) is 11.7 Å². The molecular weight excluding hydrogens is 536 g/mol. The Kier molecular flexibility index (Phi) is 11.6. The Morgan fingerprint density at radius 1 is 0.619 bits per heavy atom. The molecule has 3 rings (SSSR count). The summed E-state index contributed by atoms with van der Waals surface area (Å²) in [5.74, 6) is -3.20. The molecule has 4 unspecified atom stereocenters. The number of hydrogen-bond donors (Lipinski definition) is 6. The highest BCUT2D eigenvalue weighted by Gasteiger charge is 2.31. The Morgan fingerprint density at radius 3 is 1.43 bits per heavy atom. The second-order valence-electron chi connectivity index (χ2n) is 10.5. The lowest BCUT2D eigenvalue weighted by Crippen LogP contribution is -2.58. The minimum atomic E-state index is -1.25. The fourth-order valence-electron chi connectivity index (χ4n) is 4.30. The topological polar surface area (TPSA) is 171 Å². The van der Waals surface area contributed by atoms with Crippen molar-refractivity contribution in [2.75, 3.05) is 0 Å². The van der Waals surface area contributed by atoms with Crippen LogP contribution >= 0.6 is 0 Å². The van der Waals surface area contributed by atoms with Gasteiger partial charge in [0.2, 0.25) is 17.7 Å². The van der Waals surface area contributed by atoms with Crippen LogP contribution in [0.25, 0.3) is 0 Å². The Morgan fingerprint density at radius 2 is 1.00 bits per heavy atom. The highest BCUT2D eigenvalue weighted by molar-refractivity contribution is 5.94. The number of carbonyl (C=O) groups excluding carboxylic acids is 3. The predicted octanol–water partition coefficient (Wildman–Crippen LogP) is 1.94. The molecule has 0 saturated carbocycles. The van der Waals surface area contributed by atoms with E-state index in [9.17, 15) is 29.4 Å². The molecule has 3 amide bonds. The van der Waals surface area contributed by atoms with E-state index in [1.165, 1.54) is 12.1 Å². The van der Waals surface area contributed by atoms with Crippen molar-refractivity contribution in [1.29, 1.82) is 0 Å². The molecule has 222 valence electrons. The predicted molar refractivity (Wildman–Crippen MR) is 158 cm³/mol. The van der Waals surface area contributed by atoms with E-state index in [0.717, 1.165) is 11.1 Å². The number of carboxylic acids is 1. The Hall–Kier alpha value is -4.70. The van der Waals surface area contributed by atoms with Gasteiger partial charge >= 0.3 is 5.97 Å². The first-order chi connectivity index (χ1) is 20.0. The average molecular weight is 575 g/mol. The minimum Gasteiger partial charge on any atom is -0.508 e. The molecule has 10 nitrogen and oxygen atoms in total. The van der Waals surface area contributed by atoms with Crippen molar-refractivity contribution >= 4 is 23.7 Å². The smallest absolute Gasteiger partial charge is 0.326 e. The van der Waals surface area contributed by atoms with Gasteiger partial charge in [0.25, 0.3) is 0 Å². The van der Waals surface area contributed by atoms with E-state index < -0.39 is 47.9 Å². The van der Waals surface area contributed by atoms with Crippen LogP contribution in [-0.2, 0) is 38.4 Å². The molecule has 0 aromatic heterocycles. The number of rotatable bonds is 14. The number of benzene rings is 3. The third-order valence-corrected chi connectivity index (χ3v) is 6.84. The molecule has 0 spiro atoms. The number of carbonyl (C=O) groups is 4. The van der Waals surface area contributed by atoms with E-state index in [1.807, 2.05) is 30.3 Å². The van der Waals surface area contributed by atoms with Crippen LogP contribution in [0.3, 0.4) is 0 Å². The lowest BCUT2D eigenvalue weighted by Gasteiger charge is -2.26. The standard InChI is InChI=1S/C32H38N4O6/c1-20(2)28(33)31(40)35-26(17-21-9-5-3-6-10-21)29(38)34-25(18-23-13-15-24(37)16-14-23)30(39)36-27(32(41)42)19-22-11-7-4-8-12-22/h3-16,20,25-28,37H,17-19,33H2,1-2H3,(H,34,38)(H,35,40)(H,36,39)(H,41,42). The highest BCUT2D eigenvalue weighted by atomic mass is 16.4. The largest absolute Gasteiger partial charge is 0.508 e. The molecule has 0 aliphatic carbocycles. The molecule has 0 saturated heterocycles. The van der Waals surface area contributed by atoms with Crippen molar-refractivity contribution in [3.8, 4) is 5.75 Å². The number of nitrogens with one attached hydrogen (secondary N) is 3. The second kappa shape index (κ2) is 15.3. The summed E-state index contributed by atoms with van der Waals surface area (Å²) in [6.07, 6.45) is 0.192. The monoisotopic (exact) mass is 574 g/mol. The van der Waals surface area contributed by atoms with Crippen LogP contribution < -0.4 is 21.7 Å². The molecule has 10 heteroatoms. The third kappa shape index (κ3) is 9.74. The van der Waals surface area contributed by atoms with Crippen LogP contribution in [0.2, 0.25) is 0 Å². The van der Waals surface area contributed by atoms with E-state index in [0.29, 0.717) is 5.56 Å². The molecule has 3 aromatic carbocycles. The zero-order valence-corrected chi connectivity index (χ0v) is 23.7. The zero-order chi connectivity index (χ0) is 30.6. The van der Waals surface area contributed by atoms with Gasteiger partial charge in [-0.3, -0.25) is 14.4 Å². The van der Waals surface area contributed by atoms with E-state index in [1.54, 1.807) is 56.3 Å². The summed E-state index contributed by atoms with van der Waals surface area (Å²) in [5.41, 5.74) is 8.15. The quantitative estimate of drug-likeness (QED) is 0.171. The average Bonchev–Trinajstić information content (AvgIpc) is 2.97. The zero-order valence-electron chi connectivity index (χ0n) is 23.7. The summed E-state index contributed by atoms with van der Waals surface area (Å²) in [5, 5.41) is 27.5. The van der Waals surface area contributed by atoms with E-state index in [2.05, 4.69) is 16.0 Å². The molecule has 0 aliphatic rings. The molecule has 42 heavy (non-hydrogen) atoms. The van der Waals surface area contributed by atoms with Gasteiger partial charge in [-0.1, -0.05) is 86.6 Å². The van der Waals surface area contributed by atoms with Gasteiger partial charge < -0.3 is 31.9 Å². The van der Waals surface area contributed by atoms with Crippen LogP contribution in [0.1, 0.15) is 30.5 Å². The van der Waals surface area contributed by atoms with Crippen molar-refractivity contribution < 1.29 is 29.4 Å². The van der Waals surface area contributed by atoms with Gasteiger partial charge in [-0.05, 0) is 34.7 Å². The van der Waals surface area contributed by atoms with Gasteiger partial charge in [-0.2, -0.15) is 0 Å². The maximum absolute atomic E-state index is 13.6. The SMILES string of the molecule is CC(C)C(N)C(=O)NC(Cc1ccccc1)C(=O)NC(Cc1ccc(O)cc1)C(=O)NC(Cc1ccccc1)C(=O)O. The van der Waals surface area contributed by atoms with Gasteiger partial charge in [0.15, 0.2) is 0 Å². The van der Waals surface area contributed by atoms with Crippen LogP contribution in [0, 0.1) is 5.92 Å². The lowest BCUT2D eigenvalue weighted by atomic mass is 10.00. The van der Waals surface area contributed by atoms with E-state index >= 15 is 0 Å². The Balaban J connectivity index is 1.86. The number of phenolic OH excluding ortho intramolecular Hbond substituents is 1. The summed E-state index contributed by atoms with van der Waals surface area (Å²) in [6.45, 7) is 3.59. The summed E-state index contributed by atoms with van der Waals surface area (Å²) >= 11 is 0. The summed E-state index contributed by atoms with van der Waals surface area (Å²) < 4.78 is 0. The van der Waals surface area contributed by atoms with Gasteiger partial charge in [-0.15, -0.1) is 0 Å². The lowest BCUT2D eigenvalue weighted by molar-refractivity contribution is -0.142. The van der Waals surface area contributed by atoms with Crippen LogP contribution in [0.15, 0.2) is 84.9 Å². The fourth-order valence-corrected chi connectivity index (χ4v) is 4.30. The van der Waals surface area contributed by atoms with Crippen LogP contribution in [0.5, 0.6) is 5.75 Å². The Bertz CT molecular complexity index is 1330. The molecule has 0 radical (unpaired) electrons. The Labute approximate surface area is 245 Å². The number of hydrogen-bond acceptors (Lipinski definition) is 6. The van der Waals surface area contributed by atoms with Gasteiger partial charge in [0.05, 0.1) is 6.04 Å². The molecule has 0 heterocycles. The van der Waals surface area contributed by atoms with E-state index in [-0.39, 0.29) is 30.9 Å². The van der Waals surface area contributed by atoms with Gasteiger partial charge in [0.1, 0.15) is 23.9 Å². The van der Waals surface area contributed by atoms with Crippen molar-refractivity contribution in [2.45, 2.75) is 57.3 Å². The van der Waals surface area contributed by atoms with Gasteiger partial charge in [-0.25, -0.2) is 4.79 Å². The normalized spacial score (nSPS) is 13.8.